The standard InChI is InChI=1S/C28H36ClN3O2/c1-5-14-31-15-12-21(13-16-31)19(3)32-20(4)27(23-8-6-7-9-25(23)32)26(33)11-10-22-24(29)17-18(2)30-28(22)34/h6-9,17,19,21H,5,10-16H2,1-4H3,(H,30,34)/t19-/m1/s1. The van der Waals surface area contributed by atoms with Crippen molar-refractivity contribution in [3.63, 3.8) is 0 Å². The number of ketones is 1. The maximum Gasteiger partial charge on any atom is 0.252 e. The minimum atomic E-state index is -0.208. The SMILES string of the molecule is CCCN1CCC([C@@H](C)n2c(C)c(C(=O)CCc3c(Cl)cc(C)[nH]c3=O)c3ccccc32)CC1. The number of pyridine rings is 1. The molecule has 2 aromatic heterocycles. The average molecular weight is 482 g/mol. The molecule has 182 valence electrons. The minimum Gasteiger partial charge on any atom is -0.341 e. The molecule has 6 heteroatoms. The highest BCUT2D eigenvalue weighted by atomic mass is 35.5. The van der Waals surface area contributed by atoms with Crippen LogP contribution in [0.2, 0.25) is 5.02 Å². The second-order valence-corrected chi connectivity index (χ2v) is 10.2. The molecule has 0 amide bonds. The van der Waals surface area contributed by atoms with E-state index in [4.69, 9.17) is 11.6 Å². The van der Waals surface area contributed by atoms with Gasteiger partial charge in [-0.05, 0) is 84.1 Å². The Hall–Kier alpha value is -2.37. The van der Waals surface area contributed by atoms with Crippen LogP contribution in [0, 0.1) is 19.8 Å². The van der Waals surface area contributed by atoms with Gasteiger partial charge in [0.05, 0.1) is 5.02 Å². The molecule has 4 rings (SSSR count). The third-order valence-corrected chi connectivity index (χ3v) is 7.85. The summed E-state index contributed by atoms with van der Waals surface area (Å²) in [6.07, 6.45) is 4.16. The number of piperidine rings is 1. The lowest BCUT2D eigenvalue weighted by atomic mass is 9.90. The molecule has 3 aromatic rings. The predicted molar refractivity (Wildman–Crippen MR) is 140 cm³/mol. The lowest BCUT2D eigenvalue weighted by molar-refractivity contribution is 0.0983. The zero-order valence-corrected chi connectivity index (χ0v) is 21.5. The molecule has 1 N–H and O–H groups in total. The van der Waals surface area contributed by atoms with Crippen LogP contribution in [0.5, 0.6) is 0 Å². The lowest BCUT2D eigenvalue weighted by Crippen LogP contribution is -2.36. The molecule has 3 heterocycles. The van der Waals surface area contributed by atoms with Crippen LogP contribution in [0.3, 0.4) is 0 Å². The highest BCUT2D eigenvalue weighted by Gasteiger charge is 2.29. The van der Waals surface area contributed by atoms with Gasteiger partial charge in [-0.15, -0.1) is 0 Å². The molecule has 1 saturated heterocycles. The van der Waals surface area contributed by atoms with E-state index >= 15 is 0 Å². The molecule has 0 spiro atoms. The Morgan fingerprint density at radius 2 is 1.91 bits per heavy atom. The van der Waals surface area contributed by atoms with Crippen molar-refractivity contribution in [2.75, 3.05) is 19.6 Å². The number of aromatic amines is 1. The quantitative estimate of drug-likeness (QED) is 0.395. The summed E-state index contributed by atoms with van der Waals surface area (Å²) >= 11 is 6.31. The molecule has 34 heavy (non-hydrogen) atoms. The van der Waals surface area contributed by atoms with E-state index in [-0.39, 0.29) is 17.8 Å². The minimum absolute atomic E-state index is 0.0634. The van der Waals surface area contributed by atoms with Gasteiger partial charge in [0.25, 0.3) is 5.56 Å². The summed E-state index contributed by atoms with van der Waals surface area (Å²) in [5, 5.41) is 1.43. The van der Waals surface area contributed by atoms with Gasteiger partial charge in [-0.1, -0.05) is 36.7 Å². The van der Waals surface area contributed by atoms with Crippen molar-refractivity contribution in [3.05, 3.63) is 68.2 Å². The average Bonchev–Trinajstić information content (AvgIpc) is 3.10. The van der Waals surface area contributed by atoms with E-state index in [0.29, 0.717) is 29.0 Å². The van der Waals surface area contributed by atoms with E-state index in [0.717, 1.165) is 40.9 Å². The number of rotatable bonds is 8. The van der Waals surface area contributed by atoms with Crippen molar-refractivity contribution in [2.24, 2.45) is 5.92 Å². The first-order valence-corrected chi connectivity index (χ1v) is 12.9. The van der Waals surface area contributed by atoms with Gasteiger partial charge in [-0.2, -0.15) is 0 Å². The number of halogens is 1. The zero-order valence-electron chi connectivity index (χ0n) is 20.8. The zero-order chi connectivity index (χ0) is 24.4. The predicted octanol–water partition coefficient (Wildman–Crippen LogP) is 6.10. The number of likely N-dealkylation sites (tertiary alicyclic amines) is 1. The van der Waals surface area contributed by atoms with Gasteiger partial charge >= 0.3 is 0 Å². The summed E-state index contributed by atoms with van der Waals surface area (Å²) in [5.41, 5.74) is 3.93. The molecular weight excluding hydrogens is 446 g/mol. The van der Waals surface area contributed by atoms with E-state index in [1.807, 2.05) is 12.1 Å². The van der Waals surface area contributed by atoms with Crippen molar-refractivity contribution in [2.45, 2.75) is 65.8 Å². The molecule has 1 atom stereocenters. The van der Waals surface area contributed by atoms with Gasteiger partial charge in [0.2, 0.25) is 0 Å². The number of benzene rings is 1. The number of aromatic nitrogens is 2. The van der Waals surface area contributed by atoms with E-state index in [9.17, 15) is 9.59 Å². The fourth-order valence-electron chi connectivity index (χ4n) is 5.73. The number of nitrogens with one attached hydrogen (secondary N) is 1. The maximum atomic E-state index is 13.5. The van der Waals surface area contributed by atoms with Crippen LogP contribution < -0.4 is 5.56 Å². The van der Waals surface area contributed by atoms with Crippen LogP contribution in [0.15, 0.2) is 35.1 Å². The number of aryl methyl sites for hydroxylation is 1. The van der Waals surface area contributed by atoms with Gasteiger partial charge in [0, 0.05) is 45.9 Å². The number of Topliss-reactive ketones (excluding diaryl/α,β-unsaturated/α-hetero) is 1. The molecule has 0 saturated carbocycles. The van der Waals surface area contributed by atoms with E-state index in [1.54, 1.807) is 13.0 Å². The molecule has 1 aliphatic heterocycles. The molecule has 1 aliphatic rings. The van der Waals surface area contributed by atoms with Crippen molar-refractivity contribution < 1.29 is 4.79 Å². The smallest absolute Gasteiger partial charge is 0.252 e. The summed E-state index contributed by atoms with van der Waals surface area (Å²) in [4.78, 5) is 31.2. The number of fused-ring (bicyclic) bond motifs is 1. The van der Waals surface area contributed by atoms with Crippen LogP contribution in [0.25, 0.3) is 10.9 Å². The molecule has 0 unspecified atom stereocenters. The first-order chi connectivity index (χ1) is 16.3. The maximum absolute atomic E-state index is 13.5. The third kappa shape index (κ3) is 4.87. The topological polar surface area (TPSA) is 58.1 Å². The summed E-state index contributed by atoms with van der Waals surface area (Å²) < 4.78 is 2.38. The van der Waals surface area contributed by atoms with E-state index in [2.05, 4.69) is 47.4 Å². The van der Waals surface area contributed by atoms with Crippen LogP contribution in [0.4, 0.5) is 0 Å². The van der Waals surface area contributed by atoms with Crippen LogP contribution in [-0.4, -0.2) is 39.9 Å². The van der Waals surface area contributed by atoms with Crippen molar-refractivity contribution in [1.82, 2.24) is 14.5 Å². The molecule has 1 aromatic carbocycles. The number of nitrogens with zero attached hydrogens (tertiary/aromatic N) is 2. The summed E-state index contributed by atoms with van der Waals surface area (Å²) in [6, 6.07) is 10.3. The van der Waals surface area contributed by atoms with Crippen molar-refractivity contribution in [3.8, 4) is 0 Å². The van der Waals surface area contributed by atoms with Crippen LogP contribution >= 0.6 is 11.6 Å². The molecule has 5 nitrogen and oxygen atoms in total. The number of para-hydroxylation sites is 1. The second kappa shape index (κ2) is 10.5. The van der Waals surface area contributed by atoms with Crippen molar-refractivity contribution in [1.29, 1.82) is 0 Å². The van der Waals surface area contributed by atoms with Gasteiger partial charge in [0.1, 0.15) is 0 Å². The largest absolute Gasteiger partial charge is 0.341 e. The van der Waals surface area contributed by atoms with Crippen LogP contribution in [-0.2, 0) is 6.42 Å². The molecule has 1 fully saturated rings. The number of carbonyl (C=O) groups excluding carboxylic acids is 1. The molecule has 0 bridgehead atoms. The fourth-order valence-corrected chi connectivity index (χ4v) is 6.07. The normalized spacial score (nSPS) is 16.3. The lowest BCUT2D eigenvalue weighted by Gasteiger charge is -2.36. The summed E-state index contributed by atoms with van der Waals surface area (Å²) in [6.45, 7) is 11.9. The number of H-pyrrole nitrogens is 1. The number of carbonyl (C=O) groups is 1. The van der Waals surface area contributed by atoms with Crippen LogP contribution in [0.1, 0.15) is 72.9 Å². The third-order valence-electron chi connectivity index (χ3n) is 7.51. The second-order valence-electron chi connectivity index (χ2n) is 9.80. The summed E-state index contributed by atoms with van der Waals surface area (Å²) in [7, 11) is 0. The van der Waals surface area contributed by atoms with E-state index < -0.39 is 0 Å². The molecular formula is C28H36ClN3O2. The Bertz CT molecular complexity index is 1230. The van der Waals surface area contributed by atoms with Gasteiger partial charge in [-0.25, -0.2) is 0 Å². The summed E-state index contributed by atoms with van der Waals surface area (Å²) in [5.74, 6) is 0.656. The van der Waals surface area contributed by atoms with Gasteiger partial charge in [-0.3, -0.25) is 9.59 Å². The fraction of sp³-hybridized carbons (Fsp3) is 0.500. The Balaban J connectivity index is 1.60. The highest BCUT2D eigenvalue weighted by molar-refractivity contribution is 6.31. The number of hydrogen-bond donors (Lipinski definition) is 1. The molecule has 0 radical (unpaired) electrons. The van der Waals surface area contributed by atoms with Crippen molar-refractivity contribution >= 4 is 28.3 Å². The van der Waals surface area contributed by atoms with Gasteiger partial charge in [0.15, 0.2) is 5.78 Å². The first kappa shape index (κ1) is 24.7. The molecule has 0 aliphatic carbocycles. The Labute approximate surface area is 207 Å². The Morgan fingerprint density at radius 1 is 1.21 bits per heavy atom. The monoisotopic (exact) mass is 481 g/mol. The Morgan fingerprint density at radius 3 is 2.59 bits per heavy atom. The first-order valence-electron chi connectivity index (χ1n) is 12.5. The van der Waals surface area contributed by atoms with E-state index in [1.165, 1.54) is 25.8 Å². The highest BCUT2D eigenvalue weighted by Crippen LogP contribution is 2.36. The Kier molecular flexibility index (Phi) is 7.63. The number of hydrogen-bond acceptors (Lipinski definition) is 3. The van der Waals surface area contributed by atoms with Gasteiger partial charge < -0.3 is 14.5 Å².